The van der Waals surface area contributed by atoms with Gasteiger partial charge >= 0.3 is 5.97 Å². The molecule has 0 aliphatic heterocycles. The maximum absolute atomic E-state index is 11.7. The highest BCUT2D eigenvalue weighted by molar-refractivity contribution is 6.42. The topological polar surface area (TPSA) is 72.5 Å². The van der Waals surface area contributed by atoms with Crippen molar-refractivity contribution in [3.05, 3.63) is 11.6 Å². The number of methoxy groups -OCH3 is 1. The second kappa shape index (κ2) is 6.18. The molecular formula is C12H17NO4. The van der Waals surface area contributed by atoms with Crippen molar-refractivity contribution in [2.45, 2.75) is 38.6 Å². The molecule has 1 unspecified atom stereocenters. The van der Waals surface area contributed by atoms with Crippen LogP contribution >= 0.6 is 0 Å². The van der Waals surface area contributed by atoms with E-state index in [4.69, 9.17) is 0 Å². The fourth-order valence-electron chi connectivity index (χ4n) is 1.69. The van der Waals surface area contributed by atoms with E-state index in [9.17, 15) is 14.4 Å². The van der Waals surface area contributed by atoms with Crippen LogP contribution in [-0.4, -0.2) is 30.8 Å². The van der Waals surface area contributed by atoms with Gasteiger partial charge in [0.05, 0.1) is 7.11 Å². The van der Waals surface area contributed by atoms with Gasteiger partial charge in [-0.05, 0) is 32.6 Å². The monoisotopic (exact) mass is 239 g/mol. The SMILES string of the molecule is COC(=O)C(C)NC(=O)C(=O)C1=CCCCC1. The fraction of sp³-hybridized carbons (Fsp3) is 0.583. The van der Waals surface area contributed by atoms with Crippen LogP contribution in [-0.2, 0) is 19.1 Å². The van der Waals surface area contributed by atoms with Crippen molar-refractivity contribution in [1.82, 2.24) is 5.32 Å². The van der Waals surface area contributed by atoms with E-state index in [1.165, 1.54) is 14.0 Å². The van der Waals surface area contributed by atoms with Crippen LogP contribution in [0.1, 0.15) is 32.6 Å². The molecule has 0 bridgehead atoms. The second-order valence-corrected chi connectivity index (χ2v) is 4.02. The number of amides is 1. The van der Waals surface area contributed by atoms with Gasteiger partial charge in [0, 0.05) is 5.57 Å². The number of carbonyl (C=O) groups is 3. The lowest BCUT2D eigenvalue weighted by Gasteiger charge is -2.13. The van der Waals surface area contributed by atoms with Gasteiger partial charge in [0.2, 0.25) is 5.78 Å². The predicted octanol–water partition coefficient (Wildman–Crippen LogP) is 0.734. The Labute approximate surface area is 100 Å². The average Bonchev–Trinajstić information content (AvgIpc) is 2.37. The molecule has 0 saturated carbocycles. The van der Waals surface area contributed by atoms with Crippen LogP contribution in [0.4, 0.5) is 0 Å². The Bertz CT molecular complexity index is 360. The van der Waals surface area contributed by atoms with Crippen molar-refractivity contribution in [3.63, 3.8) is 0 Å². The molecule has 1 atom stereocenters. The molecule has 17 heavy (non-hydrogen) atoms. The molecule has 5 heteroatoms. The number of Topliss-reactive ketones (excluding diaryl/α,β-unsaturated/α-hetero) is 1. The molecule has 5 nitrogen and oxygen atoms in total. The lowest BCUT2D eigenvalue weighted by Crippen LogP contribution is -2.43. The third-order valence-corrected chi connectivity index (χ3v) is 2.69. The lowest BCUT2D eigenvalue weighted by atomic mass is 9.96. The van der Waals surface area contributed by atoms with E-state index >= 15 is 0 Å². The first kappa shape index (κ1) is 13.4. The molecule has 0 heterocycles. The zero-order valence-electron chi connectivity index (χ0n) is 10.1. The summed E-state index contributed by atoms with van der Waals surface area (Å²) in [5, 5.41) is 2.32. The predicted molar refractivity (Wildman–Crippen MR) is 61.2 cm³/mol. The van der Waals surface area contributed by atoms with E-state index in [0.29, 0.717) is 12.0 Å². The van der Waals surface area contributed by atoms with E-state index in [1.54, 1.807) is 6.08 Å². The Morgan fingerprint density at radius 1 is 1.35 bits per heavy atom. The molecule has 1 rings (SSSR count). The number of hydrogen-bond acceptors (Lipinski definition) is 4. The van der Waals surface area contributed by atoms with Gasteiger partial charge in [0.15, 0.2) is 0 Å². The quantitative estimate of drug-likeness (QED) is 0.580. The molecule has 0 aromatic carbocycles. The van der Waals surface area contributed by atoms with Crippen molar-refractivity contribution in [3.8, 4) is 0 Å². The molecule has 94 valence electrons. The van der Waals surface area contributed by atoms with E-state index in [-0.39, 0.29) is 0 Å². The van der Waals surface area contributed by atoms with Crippen LogP contribution in [0.2, 0.25) is 0 Å². The Hall–Kier alpha value is -1.65. The number of esters is 1. The Balaban J connectivity index is 2.55. The van der Waals surface area contributed by atoms with E-state index in [0.717, 1.165) is 19.3 Å². The zero-order chi connectivity index (χ0) is 12.8. The first-order valence-electron chi connectivity index (χ1n) is 5.68. The molecule has 0 aromatic rings. The minimum atomic E-state index is -0.805. The zero-order valence-corrected chi connectivity index (χ0v) is 10.1. The summed E-state index contributed by atoms with van der Waals surface area (Å²) in [5.41, 5.74) is 0.547. The van der Waals surface area contributed by atoms with Crippen LogP contribution in [0.15, 0.2) is 11.6 Å². The van der Waals surface area contributed by atoms with Crippen LogP contribution in [0.3, 0.4) is 0 Å². The molecule has 1 aliphatic rings. The van der Waals surface area contributed by atoms with Crippen molar-refractivity contribution in [2.75, 3.05) is 7.11 Å². The maximum atomic E-state index is 11.7. The van der Waals surface area contributed by atoms with Gasteiger partial charge in [0.25, 0.3) is 5.91 Å². The number of ketones is 1. The summed E-state index contributed by atoms with van der Waals surface area (Å²) in [7, 11) is 1.23. The van der Waals surface area contributed by atoms with Crippen molar-refractivity contribution >= 4 is 17.7 Å². The first-order valence-corrected chi connectivity index (χ1v) is 5.68. The fourth-order valence-corrected chi connectivity index (χ4v) is 1.69. The number of hydrogen-bond donors (Lipinski definition) is 1. The minimum Gasteiger partial charge on any atom is -0.467 e. The Morgan fingerprint density at radius 3 is 2.59 bits per heavy atom. The third kappa shape index (κ3) is 3.69. The van der Waals surface area contributed by atoms with Crippen LogP contribution in [0.5, 0.6) is 0 Å². The normalized spacial score (nSPS) is 16.7. The van der Waals surface area contributed by atoms with Gasteiger partial charge in [-0.2, -0.15) is 0 Å². The number of rotatable bonds is 4. The number of allylic oxidation sites excluding steroid dienone is 1. The van der Waals surface area contributed by atoms with Crippen LogP contribution < -0.4 is 5.32 Å². The summed E-state index contributed by atoms with van der Waals surface area (Å²) in [6, 6.07) is -0.805. The van der Waals surface area contributed by atoms with Gasteiger partial charge in [-0.3, -0.25) is 9.59 Å². The van der Waals surface area contributed by atoms with E-state index < -0.39 is 23.7 Å². The number of carbonyl (C=O) groups excluding carboxylic acids is 3. The molecule has 0 fully saturated rings. The molecule has 1 amide bonds. The lowest BCUT2D eigenvalue weighted by molar-refractivity contribution is -0.145. The molecule has 1 N–H and O–H groups in total. The largest absolute Gasteiger partial charge is 0.467 e. The molecule has 1 aliphatic carbocycles. The van der Waals surface area contributed by atoms with Crippen molar-refractivity contribution in [1.29, 1.82) is 0 Å². The van der Waals surface area contributed by atoms with Crippen molar-refractivity contribution < 1.29 is 19.1 Å². The smallest absolute Gasteiger partial charge is 0.328 e. The highest BCUT2D eigenvalue weighted by Crippen LogP contribution is 2.17. The second-order valence-electron chi connectivity index (χ2n) is 4.02. The van der Waals surface area contributed by atoms with Crippen LogP contribution in [0.25, 0.3) is 0 Å². The van der Waals surface area contributed by atoms with Gasteiger partial charge < -0.3 is 10.1 Å². The summed E-state index contributed by atoms with van der Waals surface area (Å²) in [5.74, 6) is -1.85. The summed E-state index contributed by atoms with van der Waals surface area (Å²) in [6.45, 7) is 1.48. The van der Waals surface area contributed by atoms with E-state index in [2.05, 4.69) is 10.1 Å². The highest BCUT2D eigenvalue weighted by Gasteiger charge is 2.23. The van der Waals surface area contributed by atoms with Crippen molar-refractivity contribution in [2.24, 2.45) is 0 Å². The minimum absolute atomic E-state index is 0.541. The highest BCUT2D eigenvalue weighted by atomic mass is 16.5. The Kier molecular flexibility index (Phi) is 4.87. The summed E-state index contributed by atoms with van der Waals surface area (Å²) in [4.78, 5) is 34.4. The van der Waals surface area contributed by atoms with Gasteiger partial charge in [0.1, 0.15) is 6.04 Å². The molecule has 0 saturated heterocycles. The van der Waals surface area contributed by atoms with Gasteiger partial charge in [-0.1, -0.05) is 6.08 Å². The molecule has 0 radical (unpaired) electrons. The van der Waals surface area contributed by atoms with Crippen LogP contribution in [0, 0.1) is 0 Å². The average molecular weight is 239 g/mol. The number of nitrogens with one attached hydrogen (secondary N) is 1. The maximum Gasteiger partial charge on any atom is 0.328 e. The standard InChI is InChI=1S/C12H17NO4/c1-8(12(16)17-2)13-11(15)10(14)9-6-4-3-5-7-9/h6,8H,3-5,7H2,1-2H3,(H,13,15). The Morgan fingerprint density at radius 2 is 2.06 bits per heavy atom. The summed E-state index contributed by atoms with van der Waals surface area (Å²) >= 11 is 0. The third-order valence-electron chi connectivity index (χ3n) is 2.69. The number of ether oxygens (including phenoxy) is 1. The molecule has 0 aromatic heterocycles. The molecular weight excluding hydrogens is 222 g/mol. The van der Waals surface area contributed by atoms with E-state index in [1.807, 2.05) is 0 Å². The first-order chi connectivity index (χ1) is 8.06. The van der Waals surface area contributed by atoms with Gasteiger partial charge in [-0.25, -0.2) is 4.79 Å². The summed E-state index contributed by atoms with van der Waals surface area (Å²) in [6.07, 6.45) is 5.25. The molecule has 0 spiro atoms. The van der Waals surface area contributed by atoms with Gasteiger partial charge in [-0.15, -0.1) is 0 Å². The summed E-state index contributed by atoms with van der Waals surface area (Å²) < 4.78 is 4.46.